The van der Waals surface area contributed by atoms with E-state index < -0.39 is 0 Å². The molecule has 1 heterocycles. The quantitative estimate of drug-likeness (QED) is 0.266. The molecule has 0 spiro atoms. The van der Waals surface area contributed by atoms with Crippen molar-refractivity contribution in [2.45, 2.75) is 32.6 Å². The van der Waals surface area contributed by atoms with Crippen molar-refractivity contribution >= 4 is 23.2 Å². The van der Waals surface area contributed by atoms with E-state index in [9.17, 15) is 9.59 Å². The molecule has 0 radical (unpaired) electrons. The van der Waals surface area contributed by atoms with Crippen molar-refractivity contribution in [1.29, 1.82) is 0 Å². The number of amides is 2. The Morgan fingerprint density at radius 1 is 0.902 bits per heavy atom. The number of carbonyl (C=O) groups is 2. The first kappa shape index (κ1) is 29.9. The molecule has 8 heteroatoms. The van der Waals surface area contributed by atoms with Crippen LogP contribution in [0.25, 0.3) is 0 Å². The van der Waals surface area contributed by atoms with Gasteiger partial charge in [0.1, 0.15) is 11.5 Å². The van der Waals surface area contributed by atoms with Crippen LogP contribution < -0.4 is 25.0 Å². The van der Waals surface area contributed by atoms with E-state index in [0.717, 1.165) is 44.5 Å². The van der Waals surface area contributed by atoms with Crippen LogP contribution in [-0.4, -0.2) is 58.9 Å². The summed E-state index contributed by atoms with van der Waals surface area (Å²) >= 11 is 0. The lowest BCUT2D eigenvalue weighted by Crippen LogP contribution is -2.36. The van der Waals surface area contributed by atoms with Gasteiger partial charge in [0.2, 0.25) is 0 Å². The molecule has 1 saturated heterocycles. The minimum Gasteiger partial charge on any atom is -0.497 e. The zero-order valence-corrected chi connectivity index (χ0v) is 24.3. The van der Waals surface area contributed by atoms with Gasteiger partial charge in [-0.05, 0) is 74.4 Å². The van der Waals surface area contributed by atoms with Gasteiger partial charge >= 0.3 is 0 Å². The number of piperidine rings is 1. The number of rotatable bonds is 13. The van der Waals surface area contributed by atoms with Crippen molar-refractivity contribution in [3.05, 3.63) is 83.4 Å². The van der Waals surface area contributed by atoms with Gasteiger partial charge in [-0.25, -0.2) is 0 Å². The number of anilines is 2. The maximum atomic E-state index is 13.4. The molecule has 1 aliphatic rings. The maximum Gasteiger partial charge on any atom is 0.259 e. The van der Waals surface area contributed by atoms with Crippen LogP contribution in [0, 0.1) is 5.92 Å². The topological polar surface area (TPSA) is 89.1 Å². The van der Waals surface area contributed by atoms with Crippen LogP contribution in [0.5, 0.6) is 11.5 Å². The Labute approximate surface area is 243 Å². The molecule has 41 heavy (non-hydrogen) atoms. The second-order valence-electron chi connectivity index (χ2n) is 10.2. The molecule has 1 aliphatic heterocycles. The zero-order chi connectivity index (χ0) is 29.0. The SMILES string of the molecule is CCOCCCNC(=O)c1cc(NC(=O)c2ccc(OC)cc2OC)ccc1N1CCC(Cc2ccccc2)CC1. The Bertz CT molecular complexity index is 1290. The third-order valence-electron chi connectivity index (χ3n) is 7.43. The number of methoxy groups -OCH3 is 2. The molecule has 0 aromatic heterocycles. The van der Waals surface area contributed by atoms with Gasteiger partial charge in [-0.3, -0.25) is 9.59 Å². The molecule has 0 unspecified atom stereocenters. The summed E-state index contributed by atoms with van der Waals surface area (Å²) in [6, 6.07) is 21.2. The number of hydrogen-bond acceptors (Lipinski definition) is 6. The first-order valence-electron chi connectivity index (χ1n) is 14.3. The molecule has 4 rings (SSSR count). The van der Waals surface area contributed by atoms with Crippen molar-refractivity contribution in [2.24, 2.45) is 5.92 Å². The summed E-state index contributed by atoms with van der Waals surface area (Å²) in [6.45, 7) is 5.46. The molecule has 218 valence electrons. The molecule has 0 aliphatic carbocycles. The van der Waals surface area contributed by atoms with E-state index in [2.05, 4.69) is 45.9 Å². The number of ether oxygens (including phenoxy) is 3. The first-order chi connectivity index (χ1) is 20.0. The van der Waals surface area contributed by atoms with Crippen LogP contribution in [0.3, 0.4) is 0 Å². The van der Waals surface area contributed by atoms with Crippen molar-refractivity contribution in [3.63, 3.8) is 0 Å². The predicted molar refractivity (Wildman–Crippen MR) is 162 cm³/mol. The molecule has 8 nitrogen and oxygen atoms in total. The van der Waals surface area contributed by atoms with Crippen LogP contribution in [-0.2, 0) is 11.2 Å². The number of nitrogens with zero attached hydrogens (tertiary/aromatic N) is 1. The lowest BCUT2D eigenvalue weighted by Gasteiger charge is -2.35. The van der Waals surface area contributed by atoms with Crippen LogP contribution in [0.2, 0.25) is 0 Å². The Morgan fingerprint density at radius 2 is 1.68 bits per heavy atom. The molecule has 0 bridgehead atoms. The van der Waals surface area contributed by atoms with Crippen LogP contribution in [0.4, 0.5) is 11.4 Å². The summed E-state index contributed by atoms with van der Waals surface area (Å²) in [5, 5.41) is 5.97. The number of carbonyl (C=O) groups excluding carboxylic acids is 2. The van der Waals surface area contributed by atoms with Crippen LogP contribution >= 0.6 is 0 Å². The predicted octanol–water partition coefficient (Wildman–Crippen LogP) is 5.57. The number of nitrogens with one attached hydrogen (secondary N) is 2. The average Bonchev–Trinajstić information content (AvgIpc) is 3.01. The van der Waals surface area contributed by atoms with E-state index in [4.69, 9.17) is 14.2 Å². The Balaban J connectivity index is 1.50. The minimum atomic E-state index is -0.331. The molecular weight excluding hydrogens is 518 g/mol. The van der Waals surface area contributed by atoms with Crippen molar-refractivity contribution in [2.75, 3.05) is 57.3 Å². The Hall–Kier alpha value is -4.04. The fourth-order valence-electron chi connectivity index (χ4n) is 5.20. The standard InChI is InChI=1S/C33H41N3O5/c1-4-41-20-8-17-34-32(37)29-22-26(35-33(38)28-13-12-27(39-2)23-31(28)40-3)11-14-30(29)36-18-15-25(16-19-36)21-24-9-6-5-7-10-24/h5-7,9-14,22-23,25H,4,8,15-21H2,1-3H3,(H,34,37)(H,35,38). The third kappa shape index (κ3) is 8.24. The van der Waals surface area contributed by atoms with Crippen molar-refractivity contribution < 1.29 is 23.8 Å². The normalized spacial score (nSPS) is 13.5. The second-order valence-corrected chi connectivity index (χ2v) is 10.2. The summed E-state index contributed by atoms with van der Waals surface area (Å²) in [4.78, 5) is 28.8. The lowest BCUT2D eigenvalue weighted by molar-refractivity contribution is 0.0943. The van der Waals surface area contributed by atoms with E-state index in [1.807, 2.05) is 19.1 Å². The first-order valence-corrected chi connectivity index (χ1v) is 14.3. The highest BCUT2D eigenvalue weighted by molar-refractivity contribution is 6.08. The fraction of sp³-hybridized carbons (Fsp3) is 0.394. The van der Waals surface area contributed by atoms with Gasteiger partial charge in [0, 0.05) is 50.3 Å². The van der Waals surface area contributed by atoms with E-state index in [1.54, 1.807) is 31.4 Å². The fourth-order valence-corrected chi connectivity index (χ4v) is 5.20. The van der Waals surface area contributed by atoms with Gasteiger partial charge < -0.3 is 29.7 Å². The van der Waals surface area contributed by atoms with Gasteiger partial charge in [-0.15, -0.1) is 0 Å². The Morgan fingerprint density at radius 3 is 2.39 bits per heavy atom. The Kier molecular flexibility index (Phi) is 11.0. The lowest BCUT2D eigenvalue weighted by atomic mass is 9.89. The minimum absolute atomic E-state index is 0.166. The van der Waals surface area contributed by atoms with Gasteiger partial charge in [0.25, 0.3) is 11.8 Å². The second kappa shape index (κ2) is 15.1. The molecule has 0 atom stereocenters. The smallest absolute Gasteiger partial charge is 0.259 e. The van der Waals surface area contributed by atoms with Gasteiger partial charge in [-0.2, -0.15) is 0 Å². The summed E-state index contributed by atoms with van der Waals surface area (Å²) in [7, 11) is 3.07. The van der Waals surface area contributed by atoms with Gasteiger partial charge in [0.15, 0.2) is 0 Å². The highest BCUT2D eigenvalue weighted by atomic mass is 16.5. The molecule has 2 N–H and O–H groups in total. The summed E-state index contributed by atoms with van der Waals surface area (Å²) < 4.78 is 16.1. The molecule has 0 saturated carbocycles. The van der Waals surface area contributed by atoms with E-state index in [1.165, 1.54) is 12.7 Å². The molecule has 1 fully saturated rings. The van der Waals surface area contributed by atoms with Crippen molar-refractivity contribution in [1.82, 2.24) is 5.32 Å². The summed E-state index contributed by atoms with van der Waals surface area (Å²) in [6.07, 6.45) is 3.91. The molecule has 2 amide bonds. The zero-order valence-electron chi connectivity index (χ0n) is 24.3. The van der Waals surface area contributed by atoms with E-state index in [-0.39, 0.29) is 11.8 Å². The highest BCUT2D eigenvalue weighted by Gasteiger charge is 2.24. The van der Waals surface area contributed by atoms with Gasteiger partial charge in [0.05, 0.1) is 25.3 Å². The van der Waals surface area contributed by atoms with Crippen LogP contribution in [0.15, 0.2) is 66.7 Å². The summed E-state index contributed by atoms with van der Waals surface area (Å²) in [5.41, 5.74) is 3.70. The highest BCUT2D eigenvalue weighted by Crippen LogP contribution is 2.31. The molecule has 3 aromatic rings. The maximum absolute atomic E-state index is 13.4. The number of benzene rings is 3. The molecule has 3 aromatic carbocycles. The average molecular weight is 560 g/mol. The van der Waals surface area contributed by atoms with Crippen molar-refractivity contribution in [3.8, 4) is 11.5 Å². The largest absolute Gasteiger partial charge is 0.497 e. The van der Waals surface area contributed by atoms with E-state index >= 15 is 0 Å². The third-order valence-corrected chi connectivity index (χ3v) is 7.43. The number of hydrogen-bond donors (Lipinski definition) is 2. The monoisotopic (exact) mass is 559 g/mol. The molecular formula is C33H41N3O5. The summed E-state index contributed by atoms with van der Waals surface area (Å²) in [5.74, 6) is 1.12. The van der Waals surface area contributed by atoms with Gasteiger partial charge in [-0.1, -0.05) is 30.3 Å². The van der Waals surface area contributed by atoms with E-state index in [0.29, 0.717) is 54.0 Å². The van der Waals surface area contributed by atoms with Crippen LogP contribution in [0.1, 0.15) is 52.5 Å².